The molecule has 0 saturated carbocycles. The van der Waals surface area contributed by atoms with Gasteiger partial charge in [0, 0.05) is 32.1 Å². The third-order valence-corrected chi connectivity index (χ3v) is 4.82. The molecular formula is C17H24N2O2. The number of likely N-dealkylation sites (tertiary alicyclic amines) is 1. The van der Waals surface area contributed by atoms with Gasteiger partial charge in [-0.05, 0) is 17.4 Å². The molecule has 1 N–H and O–H groups in total. The Morgan fingerprint density at radius 2 is 2.10 bits per heavy atom. The summed E-state index contributed by atoms with van der Waals surface area (Å²) >= 11 is 0. The van der Waals surface area contributed by atoms with E-state index in [9.17, 15) is 4.79 Å². The minimum atomic E-state index is 0.152. The van der Waals surface area contributed by atoms with Crippen LogP contribution in [-0.2, 0) is 16.1 Å². The molecule has 2 aliphatic rings. The first-order chi connectivity index (χ1) is 10.2. The summed E-state index contributed by atoms with van der Waals surface area (Å²) in [6.45, 7) is 7.41. The highest BCUT2D eigenvalue weighted by atomic mass is 16.5. The SMILES string of the molecule is C[C@@H]1C(=O)NC[C@H]2CN(CCOCc3ccccc3)C[C@H]21. The maximum atomic E-state index is 11.7. The number of ether oxygens (including phenoxy) is 1. The number of hydrogen-bond donors (Lipinski definition) is 1. The fraction of sp³-hybridized carbons (Fsp3) is 0.588. The van der Waals surface area contributed by atoms with E-state index in [2.05, 4.69) is 29.3 Å². The highest BCUT2D eigenvalue weighted by Crippen LogP contribution is 2.32. The van der Waals surface area contributed by atoms with E-state index < -0.39 is 0 Å². The summed E-state index contributed by atoms with van der Waals surface area (Å²) in [6.07, 6.45) is 0. The van der Waals surface area contributed by atoms with Gasteiger partial charge in [0.2, 0.25) is 5.91 Å². The van der Waals surface area contributed by atoms with Crippen LogP contribution in [0, 0.1) is 17.8 Å². The van der Waals surface area contributed by atoms with Crippen molar-refractivity contribution < 1.29 is 9.53 Å². The van der Waals surface area contributed by atoms with E-state index in [0.29, 0.717) is 18.4 Å². The second-order valence-corrected chi connectivity index (χ2v) is 6.26. The Morgan fingerprint density at radius 3 is 2.90 bits per heavy atom. The lowest BCUT2D eigenvalue weighted by Gasteiger charge is -2.30. The van der Waals surface area contributed by atoms with Crippen LogP contribution >= 0.6 is 0 Å². The fourth-order valence-electron chi connectivity index (χ4n) is 3.50. The van der Waals surface area contributed by atoms with Gasteiger partial charge in [-0.15, -0.1) is 0 Å². The zero-order valence-corrected chi connectivity index (χ0v) is 12.6. The number of amides is 1. The average molecular weight is 288 g/mol. The van der Waals surface area contributed by atoms with Crippen molar-refractivity contribution in [1.82, 2.24) is 10.2 Å². The minimum absolute atomic E-state index is 0.152. The molecule has 0 bridgehead atoms. The summed E-state index contributed by atoms with van der Waals surface area (Å²) < 4.78 is 5.76. The Bertz CT molecular complexity index is 477. The molecule has 114 valence electrons. The van der Waals surface area contributed by atoms with Crippen LogP contribution in [0.5, 0.6) is 0 Å². The average Bonchev–Trinajstić information content (AvgIpc) is 2.93. The number of carbonyl (C=O) groups is 1. The third kappa shape index (κ3) is 3.44. The van der Waals surface area contributed by atoms with Gasteiger partial charge >= 0.3 is 0 Å². The molecule has 0 aliphatic carbocycles. The first-order valence-corrected chi connectivity index (χ1v) is 7.86. The predicted molar refractivity (Wildman–Crippen MR) is 81.7 cm³/mol. The van der Waals surface area contributed by atoms with Crippen molar-refractivity contribution in [2.45, 2.75) is 13.5 Å². The number of benzene rings is 1. The molecule has 3 rings (SSSR count). The van der Waals surface area contributed by atoms with E-state index in [1.807, 2.05) is 18.2 Å². The van der Waals surface area contributed by atoms with Crippen LogP contribution < -0.4 is 5.32 Å². The van der Waals surface area contributed by atoms with E-state index in [4.69, 9.17) is 4.74 Å². The molecule has 1 aromatic rings. The van der Waals surface area contributed by atoms with E-state index in [0.717, 1.165) is 32.8 Å². The number of rotatable bonds is 5. The standard InChI is InChI=1S/C17H24N2O2/c1-13-16-11-19(10-15(16)9-18-17(13)20)7-8-21-12-14-5-3-2-4-6-14/h2-6,13,15-16H,7-12H2,1H3,(H,18,20)/t13-,15-,16-/m0/s1. The third-order valence-electron chi connectivity index (χ3n) is 4.82. The number of hydrogen-bond acceptors (Lipinski definition) is 3. The van der Waals surface area contributed by atoms with Crippen molar-refractivity contribution >= 4 is 5.91 Å². The number of nitrogens with zero attached hydrogens (tertiary/aromatic N) is 1. The van der Waals surface area contributed by atoms with Gasteiger partial charge < -0.3 is 15.0 Å². The van der Waals surface area contributed by atoms with Crippen molar-refractivity contribution in [3.8, 4) is 0 Å². The number of carbonyl (C=O) groups excluding carboxylic acids is 1. The van der Waals surface area contributed by atoms with E-state index in [1.54, 1.807) is 0 Å². The number of nitrogens with one attached hydrogen (secondary N) is 1. The van der Waals surface area contributed by atoms with Crippen molar-refractivity contribution in [1.29, 1.82) is 0 Å². The zero-order chi connectivity index (χ0) is 14.7. The maximum Gasteiger partial charge on any atom is 0.223 e. The van der Waals surface area contributed by atoms with Crippen molar-refractivity contribution in [2.75, 3.05) is 32.8 Å². The molecule has 3 atom stereocenters. The Kier molecular flexibility index (Phi) is 4.56. The molecule has 4 nitrogen and oxygen atoms in total. The summed E-state index contributed by atoms with van der Waals surface area (Å²) in [5.74, 6) is 1.51. The number of fused-ring (bicyclic) bond motifs is 1. The summed E-state index contributed by atoms with van der Waals surface area (Å²) in [7, 11) is 0. The van der Waals surface area contributed by atoms with Crippen molar-refractivity contribution in [3.05, 3.63) is 35.9 Å². The molecule has 2 aliphatic heterocycles. The first-order valence-electron chi connectivity index (χ1n) is 7.86. The quantitative estimate of drug-likeness (QED) is 0.835. The Morgan fingerprint density at radius 1 is 1.29 bits per heavy atom. The van der Waals surface area contributed by atoms with Crippen LogP contribution in [0.1, 0.15) is 12.5 Å². The summed E-state index contributed by atoms with van der Waals surface area (Å²) in [4.78, 5) is 14.1. The lowest BCUT2D eigenvalue weighted by Crippen LogP contribution is -2.46. The van der Waals surface area contributed by atoms with Gasteiger partial charge in [-0.1, -0.05) is 37.3 Å². The molecule has 4 heteroatoms. The summed E-state index contributed by atoms with van der Waals surface area (Å²) in [6, 6.07) is 10.3. The van der Waals surface area contributed by atoms with Gasteiger partial charge in [0.05, 0.1) is 13.2 Å². The normalized spacial score (nSPS) is 29.2. The fourth-order valence-corrected chi connectivity index (χ4v) is 3.50. The molecule has 21 heavy (non-hydrogen) atoms. The predicted octanol–water partition coefficient (Wildman–Crippen LogP) is 1.52. The van der Waals surface area contributed by atoms with Crippen LogP contribution in [0.25, 0.3) is 0 Å². The van der Waals surface area contributed by atoms with Crippen LogP contribution in [0.15, 0.2) is 30.3 Å². The van der Waals surface area contributed by atoms with Crippen molar-refractivity contribution in [2.24, 2.45) is 17.8 Å². The minimum Gasteiger partial charge on any atom is -0.375 e. The van der Waals surface area contributed by atoms with Gasteiger partial charge in [0.25, 0.3) is 0 Å². The first kappa shape index (κ1) is 14.5. The van der Waals surface area contributed by atoms with Crippen LogP contribution in [-0.4, -0.2) is 43.6 Å². The Hall–Kier alpha value is -1.39. The molecule has 0 spiro atoms. The second kappa shape index (κ2) is 6.58. The zero-order valence-electron chi connectivity index (χ0n) is 12.6. The summed E-state index contributed by atoms with van der Waals surface area (Å²) in [5.41, 5.74) is 1.22. The van der Waals surface area contributed by atoms with Gasteiger partial charge in [0.1, 0.15) is 0 Å². The van der Waals surface area contributed by atoms with E-state index >= 15 is 0 Å². The highest BCUT2D eigenvalue weighted by Gasteiger charge is 2.41. The molecule has 1 amide bonds. The Balaban J connectivity index is 1.40. The van der Waals surface area contributed by atoms with Crippen LogP contribution in [0.2, 0.25) is 0 Å². The molecule has 1 aromatic carbocycles. The van der Waals surface area contributed by atoms with E-state index in [1.165, 1.54) is 5.56 Å². The van der Waals surface area contributed by atoms with Crippen LogP contribution in [0.3, 0.4) is 0 Å². The molecule has 0 radical (unpaired) electrons. The smallest absolute Gasteiger partial charge is 0.223 e. The number of piperidine rings is 1. The highest BCUT2D eigenvalue weighted by molar-refractivity contribution is 5.79. The van der Waals surface area contributed by atoms with Crippen molar-refractivity contribution in [3.63, 3.8) is 0 Å². The molecule has 2 heterocycles. The topological polar surface area (TPSA) is 41.6 Å². The van der Waals surface area contributed by atoms with Gasteiger partial charge in [0.15, 0.2) is 0 Å². The summed E-state index contributed by atoms with van der Waals surface area (Å²) in [5, 5.41) is 3.02. The van der Waals surface area contributed by atoms with Gasteiger partial charge in [-0.2, -0.15) is 0 Å². The monoisotopic (exact) mass is 288 g/mol. The molecule has 0 aromatic heterocycles. The maximum absolute atomic E-state index is 11.7. The Labute approximate surface area is 126 Å². The van der Waals surface area contributed by atoms with Gasteiger partial charge in [-0.3, -0.25) is 4.79 Å². The van der Waals surface area contributed by atoms with E-state index in [-0.39, 0.29) is 11.8 Å². The lowest BCUT2D eigenvalue weighted by atomic mass is 9.81. The largest absolute Gasteiger partial charge is 0.375 e. The molecule has 2 fully saturated rings. The second-order valence-electron chi connectivity index (χ2n) is 6.26. The van der Waals surface area contributed by atoms with Gasteiger partial charge in [-0.25, -0.2) is 0 Å². The molecule has 2 saturated heterocycles. The lowest BCUT2D eigenvalue weighted by molar-refractivity contribution is -0.128. The molecule has 0 unspecified atom stereocenters. The molecular weight excluding hydrogens is 264 g/mol. The van der Waals surface area contributed by atoms with Crippen LogP contribution in [0.4, 0.5) is 0 Å².